The van der Waals surface area contributed by atoms with E-state index in [4.69, 9.17) is 0 Å². The second kappa shape index (κ2) is 4.26. The van der Waals surface area contributed by atoms with Crippen molar-refractivity contribution in [3.8, 4) is 0 Å². The molecule has 3 nitrogen and oxygen atoms in total. The Morgan fingerprint density at radius 2 is 2.00 bits per heavy atom. The Morgan fingerprint density at radius 3 is 2.50 bits per heavy atom. The van der Waals surface area contributed by atoms with Crippen molar-refractivity contribution in [2.24, 2.45) is 4.99 Å². The van der Waals surface area contributed by atoms with Crippen molar-refractivity contribution >= 4 is 5.84 Å². The van der Waals surface area contributed by atoms with E-state index in [0.29, 0.717) is 0 Å². The fourth-order valence-corrected chi connectivity index (χ4v) is 1.82. The Balaban J connectivity index is 2.11. The second-order valence-electron chi connectivity index (χ2n) is 4.90. The summed E-state index contributed by atoms with van der Waals surface area (Å²) in [5.74, 6) is 1.01. The molecule has 3 heteroatoms. The molecule has 0 saturated heterocycles. The second-order valence-corrected chi connectivity index (χ2v) is 4.90. The van der Waals surface area contributed by atoms with Crippen molar-refractivity contribution in [2.75, 3.05) is 13.6 Å². The zero-order valence-corrected chi connectivity index (χ0v) is 10.2. The Morgan fingerprint density at radius 1 is 1.31 bits per heavy atom. The minimum Gasteiger partial charge on any atom is -0.363 e. The van der Waals surface area contributed by atoms with Gasteiger partial charge in [-0.15, -0.1) is 0 Å². The van der Waals surface area contributed by atoms with Crippen LogP contribution in [0.2, 0.25) is 0 Å². The van der Waals surface area contributed by atoms with Crippen LogP contribution in [-0.4, -0.2) is 25.0 Å². The number of nitrogens with one attached hydrogen (secondary N) is 2. The molecule has 0 saturated carbocycles. The van der Waals surface area contributed by atoms with E-state index in [0.717, 1.165) is 18.9 Å². The van der Waals surface area contributed by atoms with Gasteiger partial charge in [-0.25, -0.2) is 0 Å². The molecule has 0 aliphatic carbocycles. The Labute approximate surface area is 97.0 Å². The summed E-state index contributed by atoms with van der Waals surface area (Å²) in [5, 5.41) is 6.57. The van der Waals surface area contributed by atoms with Gasteiger partial charge in [0.25, 0.3) is 0 Å². The summed E-state index contributed by atoms with van der Waals surface area (Å²) in [6.07, 6.45) is 0. The molecule has 0 unspecified atom stereocenters. The van der Waals surface area contributed by atoms with Gasteiger partial charge in [0.2, 0.25) is 0 Å². The third-order valence-corrected chi connectivity index (χ3v) is 2.70. The Hall–Kier alpha value is -1.35. The lowest BCUT2D eigenvalue weighted by atomic mass is 10.1. The van der Waals surface area contributed by atoms with Gasteiger partial charge >= 0.3 is 0 Å². The van der Waals surface area contributed by atoms with Crippen LogP contribution in [0.4, 0.5) is 0 Å². The maximum atomic E-state index is 4.52. The van der Waals surface area contributed by atoms with E-state index in [1.807, 2.05) is 7.05 Å². The van der Waals surface area contributed by atoms with Gasteiger partial charge in [-0.05, 0) is 26.5 Å². The molecule has 2 rings (SSSR count). The molecule has 0 amide bonds. The molecule has 2 N–H and O–H groups in total. The van der Waals surface area contributed by atoms with E-state index in [1.165, 1.54) is 11.1 Å². The number of aliphatic imine (C=N–C) groups is 1. The molecule has 0 aromatic heterocycles. The smallest absolute Gasteiger partial charge is 0.128 e. The third kappa shape index (κ3) is 2.42. The molecule has 1 aromatic rings. The fourth-order valence-electron chi connectivity index (χ4n) is 1.82. The van der Waals surface area contributed by atoms with E-state index in [-0.39, 0.29) is 5.54 Å². The van der Waals surface area contributed by atoms with Crippen molar-refractivity contribution in [3.63, 3.8) is 0 Å². The Bertz CT molecular complexity index is 390. The quantitative estimate of drug-likeness (QED) is 0.805. The first kappa shape index (κ1) is 11.1. The highest BCUT2D eigenvalue weighted by atomic mass is 15.1. The molecule has 1 heterocycles. The van der Waals surface area contributed by atoms with Gasteiger partial charge in [-0.2, -0.15) is 0 Å². The van der Waals surface area contributed by atoms with Crippen LogP contribution in [0.5, 0.6) is 0 Å². The molecule has 1 aromatic carbocycles. The summed E-state index contributed by atoms with van der Waals surface area (Å²) in [5.41, 5.74) is 2.56. The highest BCUT2D eigenvalue weighted by Gasteiger charge is 2.25. The number of benzene rings is 1. The third-order valence-electron chi connectivity index (χ3n) is 2.70. The van der Waals surface area contributed by atoms with Crippen molar-refractivity contribution in [2.45, 2.75) is 25.9 Å². The zero-order chi connectivity index (χ0) is 11.6. The average molecular weight is 217 g/mol. The highest BCUT2D eigenvalue weighted by Crippen LogP contribution is 2.14. The maximum absolute atomic E-state index is 4.52. The molecular formula is C13H19N3. The van der Waals surface area contributed by atoms with Crippen molar-refractivity contribution in [3.05, 3.63) is 35.4 Å². The first-order chi connectivity index (χ1) is 7.61. The molecule has 0 radical (unpaired) electrons. The van der Waals surface area contributed by atoms with Crippen LogP contribution in [0.1, 0.15) is 25.0 Å². The minimum atomic E-state index is 0.0962. The lowest BCUT2D eigenvalue weighted by molar-refractivity contribution is 0.506. The van der Waals surface area contributed by atoms with Gasteiger partial charge in [0.05, 0.1) is 12.1 Å². The van der Waals surface area contributed by atoms with E-state index in [2.05, 4.69) is 53.7 Å². The van der Waals surface area contributed by atoms with Crippen molar-refractivity contribution < 1.29 is 0 Å². The molecule has 86 valence electrons. The molecule has 1 aliphatic rings. The SMILES string of the molecule is CNCc1ccc(C2=NCC(C)(C)N2)cc1. The summed E-state index contributed by atoms with van der Waals surface area (Å²) >= 11 is 0. The van der Waals surface area contributed by atoms with Crippen LogP contribution in [-0.2, 0) is 6.54 Å². The predicted octanol–water partition coefficient (Wildman–Crippen LogP) is 1.53. The number of hydrogen-bond donors (Lipinski definition) is 2. The molecular weight excluding hydrogens is 198 g/mol. The fraction of sp³-hybridized carbons (Fsp3) is 0.462. The highest BCUT2D eigenvalue weighted by molar-refractivity contribution is 6.00. The largest absolute Gasteiger partial charge is 0.363 e. The summed E-state index contributed by atoms with van der Waals surface area (Å²) in [6.45, 7) is 6.09. The lowest BCUT2D eigenvalue weighted by Crippen LogP contribution is -2.39. The van der Waals surface area contributed by atoms with Gasteiger partial charge in [0, 0.05) is 12.1 Å². The van der Waals surface area contributed by atoms with Gasteiger partial charge in [0.1, 0.15) is 5.84 Å². The van der Waals surface area contributed by atoms with Gasteiger partial charge in [-0.1, -0.05) is 24.3 Å². The number of amidine groups is 1. The predicted molar refractivity (Wildman–Crippen MR) is 67.8 cm³/mol. The molecule has 0 atom stereocenters. The molecule has 0 bridgehead atoms. The van der Waals surface area contributed by atoms with Gasteiger partial charge in [-0.3, -0.25) is 4.99 Å². The lowest BCUT2D eigenvalue weighted by Gasteiger charge is -2.18. The minimum absolute atomic E-state index is 0.0962. The standard InChI is InChI=1S/C13H19N3/c1-13(2)9-15-12(16-13)11-6-4-10(5-7-11)8-14-3/h4-7,14H,8-9H2,1-3H3,(H,15,16). The Kier molecular flexibility index (Phi) is 2.97. The summed E-state index contributed by atoms with van der Waals surface area (Å²) in [7, 11) is 1.96. The van der Waals surface area contributed by atoms with Crippen molar-refractivity contribution in [1.82, 2.24) is 10.6 Å². The maximum Gasteiger partial charge on any atom is 0.128 e. The molecule has 1 aliphatic heterocycles. The number of rotatable bonds is 3. The van der Waals surface area contributed by atoms with Crippen LogP contribution >= 0.6 is 0 Å². The van der Waals surface area contributed by atoms with Gasteiger partial charge in [0.15, 0.2) is 0 Å². The van der Waals surface area contributed by atoms with E-state index < -0.39 is 0 Å². The van der Waals surface area contributed by atoms with Crippen LogP contribution in [0.25, 0.3) is 0 Å². The van der Waals surface area contributed by atoms with E-state index >= 15 is 0 Å². The van der Waals surface area contributed by atoms with Crippen LogP contribution < -0.4 is 10.6 Å². The topological polar surface area (TPSA) is 36.4 Å². The van der Waals surface area contributed by atoms with Crippen LogP contribution in [0.15, 0.2) is 29.3 Å². The number of hydrogen-bond acceptors (Lipinski definition) is 3. The first-order valence-corrected chi connectivity index (χ1v) is 5.67. The summed E-state index contributed by atoms with van der Waals surface area (Å²) in [4.78, 5) is 4.52. The average Bonchev–Trinajstić information content (AvgIpc) is 2.61. The zero-order valence-electron chi connectivity index (χ0n) is 10.2. The van der Waals surface area contributed by atoms with Crippen LogP contribution in [0.3, 0.4) is 0 Å². The van der Waals surface area contributed by atoms with Crippen LogP contribution in [0, 0.1) is 0 Å². The first-order valence-electron chi connectivity index (χ1n) is 5.67. The molecule has 16 heavy (non-hydrogen) atoms. The monoisotopic (exact) mass is 217 g/mol. The normalized spacial score (nSPS) is 18.1. The summed E-state index contributed by atoms with van der Waals surface area (Å²) < 4.78 is 0. The van der Waals surface area contributed by atoms with Gasteiger partial charge < -0.3 is 10.6 Å². The van der Waals surface area contributed by atoms with E-state index in [1.54, 1.807) is 0 Å². The summed E-state index contributed by atoms with van der Waals surface area (Å²) in [6, 6.07) is 8.53. The van der Waals surface area contributed by atoms with Crippen molar-refractivity contribution in [1.29, 1.82) is 0 Å². The molecule has 0 fully saturated rings. The van der Waals surface area contributed by atoms with E-state index in [9.17, 15) is 0 Å². The number of nitrogens with zero attached hydrogens (tertiary/aromatic N) is 1. The molecule has 0 spiro atoms.